The van der Waals surface area contributed by atoms with E-state index >= 15 is 0 Å². The summed E-state index contributed by atoms with van der Waals surface area (Å²) in [6, 6.07) is 2.12. The van der Waals surface area contributed by atoms with Crippen LogP contribution >= 0.6 is 0 Å². The van der Waals surface area contributed by atoms with Crippen LogP contribution in [0.4, 0.5) is 0 Å². The van der Waals surface area contributed by atoms with Gasteiger partial charge in [0.2, 0.25) is 0 Å². The zero-order valence-corrected chi connectivity index (χ0v) is 6.67. The van der Waals surface area contributed by atoms with Gasteiger partial charge >= 0.3 is 0 Å². The molecule has 1 N–H and O–H groups in total. The lowest BCUT2D eigenvalue weighted by Gasteiger charge is -2.12. The van der Waals surface area contributed by atoms with Gasteiger partial charge in [0.05, 0.1) is 6.07 Å². The average molecular weight is 148 g/mol. The largest absolute Gasteiger partial charge is 0.319 e. The Hall–Kier alpha value is -1.07. The zero-order chi connectivity index (χ0) is 8.10. The first kappa shape index (κ1) is 8.03. The van der Waals surface area contributed by atoms with Crippen molar-refractivity contribution >= 4 is 0 Å². The van der Waals surface area contributed by atoms with E-state index in [4.69, 9.17) is 5.26 Å². The van der Waals surface area contributed by atoms with Gasteiger partial charge in [0.15, 0.2) is 0 Å². The summed E-state index contributed by atoms with van der Waals surface area (Å²) < 4.78 is 0. The minimum absolute atomic E-state index is 0.567. The Bertz CT molecular complexity index is 220. The fraction of sp³-hybridized carbons (Fsp3) is 0.444. The third-order valence-electron chi connectivity index (χ3n) is 1.78. The molecule has 0 heterocycles. The van der Waals surface area contributed by atoms with E-state index in [1.54, 1.807) is 0 Å². The van der Waals surface area contributed by atoms with Crippen molar-refractivity contribution in [2.75, 3.05) is 13.6 Å². The van der Waals surface area contributed by atoms with Crippen LogP contribution in [0.3, 0.4) is 0 Å². The third kappa shape index (κ3) is 2.21. The summed E-state index contributed by atoms with van der Waals surface area (Å²) in [5, 5.41) is 11.6. The molecule has 0 aromatic heterocycles. The fourth-order valence-corrected chi connectivity index (χ4v) is 1.16. The summed E-state index contributed by atoms with van der Waals surface area (Å²) in [5.41, 5.74) is 0.789. The molecular weight excluding hydrogens is 136 g/mol. The Balaban J connectivity index is 2.45. The molecule has 0 fully saturated rings. The molecule has 1 rings (SSSR count). The van der Waals surface area contributed by atoms with Crippen molar-refractivity contribution in [2.45, 2.75) is 6.42 Å². The van der Waals surface area contributed by atoms with Gasteiger partial charge in [-0.2, -0.15) is 5.26 Å². The van der Waals surface area contributed by atoms with Gasteiger partial charge in [-0.15, -0.1) is 0 Å². The highest BCUT2D eigenvalue weighted by molar-refractivity contribution is 5.35. The van der Waals surface area contributed by atoms with E-state index in [0.717, 1.165) is 18.5 Å². The number of nitriles is 1. The van der Waals surface area contributed by atoms with Crippen LogP contribution in [0.2, 0.25) is 0 Å². The third-order valence-corrected chi connectivity index (χ3v) is 1.78. The summed E-state index contributed by atoms with van der Waals surface area (Å²) in [6.45, 7) is 0.992. The molecule has 1 unspecified atom stereocenters. The molecule has 0 aliphatic heterocycles. The Morgan fingerprint density at radius 3 is 3.09 bits per heavy atom. The van der Waals surface area contributed by atoms with Crippen molar-refractivity contribution in [3.05, 3.63) is 23.8 Å². The van der Waals surface area contributed by atoms with Crippen molar-refractivity contribution in [1.82, 2.24) is 5.32 Å². The standard InChI is InChI=1S/C9H12N2/c1-11-7-9-4-2-8(6-10)3-5-9/h2-4,9,11H,5,7H2,1H3. The summed E-state index contributed by atoms with van der Waals surface area (Å²) in [7, 11) is 1.94. The first-order valence-electron chi connectivity index (χ1n) is 3.80. The van der Waals surface area contributed by atoms with Gasteiger partial charge in [0.1, 0.15) is 0 Å². The monoisotopic (exact) mass is 148 g/mol. The van der Waals surface area contributed by atoms with Crippen LogP contribution in [0.5, 0.6) is 0 Å². The SMILES string of the molecule is CNCC1C=CC(C#N)=CC1. The van der Waals surface area contributed by atoms with Gasteiger partial charge in [0.25, 0.3) is 0 Å². The second-order valence-electron chi connectivity index (χ2n) is 2.68. The Morgan fingerprint density at radius 2 is 2.64 bits per heavy atom. The number of allylic oxidation sites excluding steroid dienone is 3. The van der Waals surface area contributed by atoms with Gasteiger partial charge < -0.3 is 5.32 Å². The maximum Gasteiger partial charge on any atom is 0.0988 e. The smallest absolute Gasteiger partial charge is 0.0988 e. The van der Waals surface area contributed by atoms with Crippen LogP contribution < -0.4 is 5.32 Å². The Morgan fingerprint density at radius 1 is 1.82 bits per heavy atom. The molecule has 0 aromatic rings. The molecule has 1 aliphatic carbocycles. The predicted molar refractivity (Wildman–Crippen MR) is 44.9 cm³/mol. The number of hydrogen-bond donors (Lipinski definition) is 1. The van der Waals surface area contributed by atoms with Gasteiger partial charge in [-0.25, -0.2) is 0 Å². The molecule has 1 aliphatic rings. The molecule has 0 saturated heterocycles. The molecule has 11 heavy (non-hydrogen) atoms. The quantitative estimate of drug-likeness (QED) is 0.639. The van der Waals surface area contributed by atoms with Gasteiger partial charge in [-0.05, 0) is 25.5 Å². The van der Waals surface area contributed by atoms with E-state index in [1.165, 1.54) is 0 Å². The number of hydrogen-bond acceptors (Lipinski definition) is 2. The number of nitrogens with zero attached hydrogens (tertiary/aromatic N) is 1. The first-order valence-corrected chi connectivity index (χ1v) is 3.80. The molecule has 0 spiro atoms. The van der Waals surface area contributed by atoms with Crippen molar-refractivity contribution in [3.8, 4) is 6.07 Å². The van der Waals surface area contributed by atoms with Crippen LogP contribution in [0.15, 0.2) is 23.8 Å². The molecule has 58 valence electrons. The highest BCUT2D eigenvalue weighted by Crippen LogP contribution is 2.14. The van der Waals surface area contributed by atoms with Crippen molar-refractivity contribution in [1.29, 1.82) is 5.26 Å². The first-order chi connectivity index (χ1) is 5.36. The molecule has 1 atom stereocenters. The molecule has 0 saturated carbocycles. The van der Waals surface area contributed by atoms with Gasteiger partial charge in [-0.3, -0.25) is 0 Å². The summed E-state index contributed by atoms with van der Waals surface area (Å²) in [5.74, 6) is 0.567. The highest BCUT2D eigenvalue weighted by atomic mass is 14.8. The van der Waals surface area contributed by atoms with E-state index in [0.29, 0.717) is 5.92 Å². The maximum absolute atomic E-state index is 8.52. The van der Waals surface area contributed by atoms with Crippen molar-refractivity contribution < 1.29 is 0 Å². The van der Waals surface area contributed by atoms with Gasteiger partial charge in [-0.1, -0.05) is 12.2 Å². The predicted octanol–water partition coefficient (Wildman–Crippen LogP) is 1.23. The average Bonchev–Trinajstić information content (AvgIpc) is 2.07. The normalized spacial score (nSPS) is 22.5. The molecule has 0 bridgehead atoms. The topological polar surface area (TPSA) is 35.8 Å². The lowest BCUT2D eigenvalue weighted by atomic mass is 9.97. The number of rotatable bonds is 2. The van der Waals surface area contributed by atoms with Gasteiger partial charge in [0, 0.05) is 12.1 Å². The molecule has 0 radical (unpaired) electrons. The lowest BCUT2D eigenvalue weighted by molar-refractivity contribution is 0.600. The molecule has 2 heteroatoms. The molecule has 2 nitrogen and oxygen atoms in total. The van der Waals surface area contributed by atoms with E-state index in [9.17, 15) is 0 Å². The van der Waals surface area contributed by atoms with Crippen LogP contribution in [0, 0.1) is 17.2 Å². The van der Waals surface area contributed by atoms with E-state index in [-0.39, 0.29) is 0 Å². The van der Waals surface area contributed by atoms with Crippen LogP contribution in [0.25, 0.3) is 0 Å². The van der Waals surface area contributed by atoms with Crippen LogP contribution in [0.1, 0.15) is 6.42 Å². The summed E-state index contributed by atoms with van der Waals surface area (Å²) >= 11 is 0. The fourth-order valence-electron chi connectivity index (χ4n) is 1.16. The second kappa shape index (κ2) is 3.95. The highest BCUT2D eigenvalue weighted by Gasteiger charge is 2.06. The second-order valence-corrected chi connectivity index (χ2v) is 2.68. The minimum atomic E-state index is 0.567. The van der Waals surface area contributed by atoms with E-state index in [2.05, 4.69) is 17.5 Å². The summed E-state index contributed by atoms with van der Waals surface area (Å²) in [4.78, 5) is 0. The minimum Gasteiger partial charge on any atom is -0.319 e. The zero-order valence-electron chi connectivity index (χ0n) is 6.67. The maximum atomic E-state index is 8.52. The molecule has 0 amide bonds. The lowest BCUT2D eigenvalue weighted by Crippen LogP contribution is -2.17. The summed E-state index contributed by atoms with van der Waals surface area (Å²) in [6.07, 6.45) is 6.96. The van der Waals surface area contributed by atoms with Crippen LogP contribution in [-0.2, 0) is 0 Å². The van der Waals surface area contributed by atoms with E-state index < -0.39 is 0 Å². The van der Waals surface area contributed by atoms with Crippen molar-refractivity contribution in [3.63, 3.8) is 0 Å². The molecular formula is C9H12N2. The molecule has 0 aromatic carbocycles. The Kier molecular flexibility index (Phi) is 2.88. The Labute approximate surface area is 67.2 Å². The van der Waals surface area contributed by atoms with Crippen LogP contribution in [-0.4, -0.2) is 13.6 Å². The number of nitrogens with one attached hydrogen (secondary N) is 1. The van der Waals surface area contributed by atoms with E-state index in [1.807, 2.05) is 19.2 Å². The van der Waals surface area contributed by atoms with Crippen molar-refractivity contribution in [2.24, 2.45) is 5.92 Å².